The van der Waals surface area contributed by atoms with Gasteiger partial charge in [0.05, 0.1) is 24.4 Å². The Kier molecular flexibility index (Phi) is 8.48. The lowest BCUT2D eigenvalue weighted by molar-refractivity contribution is -0.315. The van der Waals surface area contributed by atoms with Crippen LogP contribution in [0.2, 0.25) is 0 Å². The van der Waals surface area contributed by atoms with E-state index in [9.17, 15) is 30.6 Å². The minimum atomic E-state index is -1.46. The van der Waals surface area contributed by atoms with Crippen LogP contribution in [0.3, 0.4) is 0 Å². The van der Waals surface area contributed by atoms with E-state index in [1.807, 2.05) is 0 Å². The monoisotopic (exact) mass is 467 g/mol. The molecule has 3 aliphatic rings. The fourth-order valence-electron chi connectivity index (χ4n) is 4.51. The molecule has 8 unspecified atom stereocenters. The summed E-state index contributed by atoms with van der Waals surface area (Å²) < 4.78 is 22.9. The molecule has 0 aromatic carbocycles. The largest absolute Gasteiger partial charge is 0.391 e. The van der Waals surface area contributed by atoms with Crippen molar-refractivity contribution in [2.75, 3.05) is 0 Å². The zero-order chi connectivity index (χ0) is 23.9. The Morgan fingerprint density at radius 1 is 0.812 bits per heavy atom. The molecule has 0 aromatic heterocycles. The summed E-state index contributed by atoms with van der Waals surface area (Å²) in [6.45, 7) is 3.15. The molecule has 0 amide bonds. The molecule has 2 saturated heterocycles. The van der Waals surface area contributed by atoms with E-state index < -0.39 is 91.7 Å². The second-order valence-electron chi connectivity index (χ2n) is 8.96. The molecule has 13 nitrogen and oxygen atoms in total. The van der Waals surface area contributed by atoms with Crippen LogP contribution in [-0.2, 0) is 18.9 Å². The van der Waals surface area contributed by atoms with E-state index in [-0.39, 0.29) is 6.42 Å². The van der Waals surface area contributed by atoms with Crippen LogP contribution in [0, 0.1) is 0 Å². The van der Waals surface area contributed by atoms with Crippen molar-refractivity contribution < 1.29 is 49.6 Å². The van der Waals surface area contributed by atoms with Crippen molar-refractivity contribution >= 4 is 0 Å². The highest BCUT2D eigenvalue weighted by atomic mass is 16.7. The molecule has 3 fully saturated rings. The highest BCUT2D eigenvalue weighted by Crippen LogP contribution is 2.32. The van der Waals surface area contributed by atoms with Gasteiger partial charge in [-0.25, -0.2) is 0 Å². The lowest BCUT2D eigenvalue weighted by Crippen LogP contribution is -2.68. The summed E-state index contributed by atoms with van der Waals surface area (Å²) in [5.41, 5.74) is 18.2. The van der Waals surface area contributed by atoms with Crippen LogP contribution in [0.4, 0.5) is 0 Å². The summed E-state index contributed by atoms with van der Waals surface area (Å²) in [4.78, 5) is 0. The molecule has 1 saturated carbocycles. The van der Waals surface area contributed by atoms with Crippen LogP contribution in [0.1, 0.15) is 26.7 Å². The molecule has 12 N–H and O–H groups in total. The van der Waals surface area contributed by atoms with Crippen molar-refractivity contribution in [3.05, 3.63) is 0 Å². The SMILES string of the molecule is CC[C@H]1O[C@@H](OC2C(O)[C@H](N)CC(N)[C@H]2O[C@H]2OC([C@@H](C)O)[C@@H](O)C(O)C2N)C(O)C1O. The Labute approximate surface area is 186 Å². The molecule has 15 atom stereocenters. The third-order valence-electron chi connectivity index (χ3n) is 6.53. The number of hydrogen-bond acceptors (Lipinski definition) is 13. The Morgan fingerprint density at radius 3 is 2.00 bits per heavy atom. The van der Waals surface area contributed by atoms with Gasteiger partial charge in [-0.2, -0.15) is 0 Å². The predicted octanol–water partition coefficient (Wildman–Crippen LogP) is -4.81. The molecule has 3 rings (SSSR count). The average Bonchev–Trinajstić information content (AvgIpc) is 3.01. The van der Waals surface area contributed by atoms with Crippen LogP contribution in [0.5, 0.6) is 0 Å². The van der Waals surface area contributed by atoms with Gasteiger partial charge >= 0.3 is 0 Å². The van der Waals surface area contributed by atoms with Crippen LogP contribution in [0.15, 0.2) is 0 Å². The maximum absolute atomic E-state index is 10.7. The van der Waals surface area contributed by atoms with E-state index >= 15 is 0 Å². The first-order valence-electron chi connectivity index (χ1n) is 10.9. The summed E-state index contributed by atoms with van der Waals surface area (Å²) in [5.74, 6) is 0. The molecule has 0 bridgehead atoms. The minimum Gasteiger partial charge on any atom is -0.391 e. The molecule has 188 valence electrons. The van der Waals surface area contributed by atoms with Crippen molar-refractivity contribution in [1.82, 2.24) is 0 Å². The van der Waals surface area contributed by atoms with Gasteiger partial charge in [0, 0.05) is 12.1 Å². The quantitative estimate of drug-likeness (QED) is 0.178. The smallest absolute Gasteiger partial charge is 0.187 e. The summed E-state index contributed by atoms with van der Waals surface area (Å²) in [6, 6.07) is -2.72. The molecular weight excluding hydrogens is 430 g/mol. The Hall–Kier alpha value is -0.520. The molecular formula is C19H37N3O10. The number of aliphatic hydroxyl groups excluding tert-OH is 6. The standard InChI is InChI=1S/C19H37N3O10/c1-3-8-11(25)14(28)19(29-8)32-17-10(24)6(20)4-7(21)16(17)31-18-9(22)12(26)13(27)15(30-18)5(2)23/h5-19,23-28H,3-4,20-22H2,1-2H3/t5-,6-,7?,8-,9?,10?,11?,12?,13+,14?,15?,16-,17?,18-,19+/m1/s1. The number of ether oxygens (including phenoxy) is 4. The second kappa shape index (κ2) is 10.4. The van der Waals surface area contributed by atoms with Crippen molar-refractivity contribution in [3.63, 3.8) is 0 Å². The van der Waals surface area contributed by atoms with Gasteiger partial charge in [0.1, 0.15) is 42.7 Å². The van der Waals surface area contributed by atoms with E-state index in [1.165, 1.54) is 6.92 Å². The van der Waals surface area contributed by atoms with Crippen molar-refractivity contribution in [1.29, 1.82) is 0 Å². The maximum atomic E-state index is 10.7. The topological polar surface area (TPSA) is 236 Å². The molecule has 13 heteroatoms. The van der Waals surface area contributed by atoms with Crippen molar-refractivity contribution in [2.24, 2.45) is 17.2 Å². The van der Waals surface area contributed by atoms with Gasteiger partial charge in [-0.1, -0.05) is 6.92 Å². The van der Waals surface area contributed by atoms with Crippen LogP contribution >= 0.6 is 0 Å². The lowest BCUT2D eigenvalue weighted by Gasteiger charge is -2.47. The van der Waals surface area contributed by atoms with Gasteiger partial charge in [0.25, 0.3) is 0 Å². The first-order chi connectivity index (χ1) is 15.0. The normalized spacial score (nSPS) is 53.3. The summed E-state index contributed by atoms with van der Waals surface area (Å²) >= 11 is 0. The highest BCUT2D eigenvalue weighted by molar-refractivity contribution is 5.01. The Balaban J connectivity index is 1.79. The van der Waals surface area contributed by atoms with Gasteiger partial charge < -0.3 is 66.8 Å². The van der Waals surface area contributed by atoms with Gasteiger partial charge in [-0.05, 0) is 19.8 Å². The second-order valence-corrected chi connectivity index (χ2v) is 8.96. The highest BCUT2D eigenvalue weighted by Gasteiger charge is 2.52. The van der Waals surface area contributed by atoms with Crippen LogP contribution in [0.25, 0.3) is 0 Å². The minimum absolute atomic E-state index is 0.160. The first kappa shape index (κ1) is 26.1. The van der Waals surface area contributed by atoms with Crippen molar-refractivity contribution in [2.45, 2.75) is 118 Å². The van der Waals surface area contributed by atoms with Gasteiger partial charge in [0.15, 0.2) is 12.6 Å². The Morgan fingerprint density at radius 2 is 1.44 bits per heavy atom. The summed E-state index contributed by atoms with van der Waals surface area (Å²) in [6.07, 6.45) is -13.9. The number of aliphatic hydroxyl groups is 6. The molecule has 0 radical (unpaired) electrons. The lowest BCUT2D eigenvalue weighted by atomic mass is 9.84. The molecule has 0 aromatic rings. The zero-order valence-corrected chi connectivity index (χ0v) is 18.1. The van der Waals surface area contributed by atoms with E-state index in [0.717, 1.165) is 0 Å². The van der Waals surface area contributed by atoms with Crippen LogP contribution < -0.4 is 17.2 Å². The fraction of sp³-hybridized carbons (Fsp3) is 1.00. The predicted molar refractivity (Wildman–Crippen MR) is 108 cm³/mol. The maximum Gasteiger partial charge on any atom is 0.187 e. The molecule has 32 heavy (non-hydrogen) atoms. The third kappa shape index (κ3) is 4.95. The van der Waals surface area contributed by atoms with Gasteiger partial charge in [-0.15, -0.1) is 0 Å². The summed E-state index contributed by atoms with van der Waals surface area (Å²) in [7, 11) is 0. The van der Waals surface area contributed by atoms with E-state index in [2.05, 4.69) is 0 Å². The van der Waals surface area contributed by atoms with Crippen molar-refractivity contribution in [3.8, 4) is 0 Å². The average molecular weight is 468 g/mol. The van der Waals surface area contributed by atoms with E-state index in [4.69, 9.17) is 36.1 Å². The molecule has 0 spiro atoms. The summed E-state index contributed by atoms with van der Waals surface area (Å²) in [5, 5.41) is 61.4. The van der Waals surface area contributed by atoms with Gasteiger partial charge in [0.2, 0.25) is 0 Å². The van der Waals surface area contributed by atoms with Gasteiger partial charge in [-0.3, -0.25) is 0 Å². The fourth-order valence-corrected chi connectivity index (χ4v) is 4.51. The first-order valence-corrected chi connectivity index (χ1v) is 10.9. The molecule has 1 aliphatic carbocycles. The molecule has 2 heterocycles. The zero-order valence-electron chi connectivity index (χ0n) is 18.1. The van der Waals surface area contributed by atoms with E-state index in [1.54, 1.807) is 6.92 Å². The van der Waals surface area contributed by atoms with E-state index in [0.29, 0.717) is 6.42 Å². The molecule has 2 aliphatic heterocycles. The number of hydrogen-bond donors (Lipinski definition) is 9. The third-order valence-corrected chi connectivity index (χ3v) is 6.53. The van der Waals surface area contributed by atoms with Crippen LogP contribution in [-0.4, -0.2) is 122 Å². The number of nitrogens with two attached hydrogens (primary N) is 3. The Bertz CT molecular complexity index is 618. The number of rotatable bonds is 6.